The van der Waals surface area contributed by atoms with Crippen molar-refractivity contribution in [3.8, 4) is 5.69 Å². The van der Waals surface area contributed by atoms with Gasteiger partial charge in [-0.3, -0.25) is 9.36 Å². The van der Waals surface area contributed by atoms with Crippen molar-refractivity contribution in [2.45, 2.75) is 25.9 Å². The third kappa shape index (κ3) is 2.44. The first-order valence-electron chi connectivity index (χ1n) is 7.34. The van der Waals surface area contributed by atoms with E-state index in [9.17, 15) is 4.79 Å². The molecule has 22 heavy (non-hydrogen) atoms. The summed E-state index contributed by atoms with van der Waals surface area (Å²) in [4.78, 5) is 17.7. The molecule has 0 saturated carbocycles. The van der Waals surface area contributed by atoms with Crippen molar-refractivity contribution < 1.29 is 0 Å². The van der Waals surface area contributed by atoms with Crippen LogP contribution >= 0.6 is 11.8 Å². The Morgan fingerprint density at radius 3 is 2.64 bits per heavy atom. The normalized spacial score (nSPS) is 11.0. The second kappa shape index (κ2) is 5.97. The van der Waals surface area contributed by atoms with E-state index in [2.05, 4.69) is 19.9 Å². The van der Waals surface area contributed by atoms with E-state index in [1.54, 1.807) is 16.3 Å². The molecule has 0 bridgehead atoms. The molecule has 3 rings (SSSR count). The highest BCUT2D eigenvalue weighted by molar-refractivity contribution is 7.99. The van der Waals surface area contributed by atoms with Gasteiger partial charge in [-0.1, -0.05) is 43.0 Å². The van der Waals surface area contributed by atoms with Gasteiger partial charge in [0.15, 0.2) is 5.16 Å². The second-order valence-electron chi connectivity index (χ2n) is 5.20. The van der Waals surface area contributed by atoms with Crippen LogP contribution in [-0.4, -0.2) is 15.3 Å². The van der Waals surface area contributed by atoms with Crippen molar-refractivity contribution in [2.75, 3.05) is 5.75 Å². The molecule has 0 aliphatic rings. The van der Waals surface area contributed by atoms with Crippen LogP contribution in [0, 0.1) is 13.8 Å². The molecule has 0 aliphatic heterocycles. The highest BCUT2D eigenvalue weighted by Gasteiger charge is 2.14. The molecular formula is C18H18N2OS. The fourth-order valence-electron chi connectivity index (χ4n) is 2.53. The lowest BCUT2D eigenvalue weighted by Gasteiger charge is -2.15. The van der Waals surface area contributed by atoms with E-state index in [4.69, 9.17) is 4.98 Å². The van der Waals surface area contributed by atoms with Crippen LogP contribution in [0.3, 0.4) is 0 Å². The van der Waals surface area contributed by atoms with Gasteiger partial charge in [0.05, 0.1) is 16.6 Å². The minimum absolute atomic E-state index is 0.00440. The predicted octanol–water partition coefficient (Wildman–Crippen LogP) is 4.11. The van der Waals surface area contributed by atoms with Crippen molar-refractivity contribution in [3.05, 3.63) is 63.9 Å². The molecule has 0 aliphatic carbocycles. The van der Waals surface area contributed by atoms with Crippen molar-refractivity contribution >= 4 is 22.7 Å². The predicted molar refractivity (Wildman–Crippen MR) is 93.2 cm³/mol. The van der Waals surface area contributed by atoms with Gasteiger partial charge in [-0.25, -0.2) is 4.98 Å². The SMILES string of the molecule is CCSc1nc2ccccc2c(=O)n1-c1cccc(C)c1C. The Hall–Kier alpha value is -2.07. The number of aromatic nitrogens is 2. The van der Waals surface area contributed by atoms with E-state index in [0.29, 0.717) is 5.39 Å². The molecular weight excluding hydrogens is 292 g/mol. The molecule has 0 unspecified atom stereocenters. The minimum Gasteiger partial charge on any atom is -0.268 e. The van der Waals surface area contributed by atoms with Gasteiger partial charge in [0.25, 0.3) is 5.56 Å². The zero-order chi connectivity index (χ0) is 15.7. The molecule has 0 N–H and O–H groups in total. The summed E-state index contributed by atoms with van der Waals surface area (Å²) in [5.74, 6) is 0.871. The number of hydrogen-bond donors (Lipinski definition) is 0. The highest BCUT2D eigenvalue weighted by atomic mass is 32.2. The zero-order valence-electron chi connectivity index (χ0n) is 13.0. The van der Waals surface area contributed by atoms with E-state index in [1.165, 1.54) is 5.56 Å². The number of benzene rings is 2. The summed E-state index contributed by atoms with van der Waals surface area (Å²) in [6, 6.07) is 13.6. The van der Waals surface area contributed by atoms with Crippen molar-refractivity contribution in [2.24, 2.45) is 0 Å². The smallest absolute Gasteiger partial charge is 0.266 e. The summed E-state index contributed by atoms with van der Waals surface area (Å²) in [7, 11) is 0. The highest BCUT2D eigenvalue weighted by Crippen LogP contribution is 2.24. The number of fused-ring (bicyclic) bond motifs is 1. The standard InChI is InChI=1S/C18H18N2OS/c1-4-22-18-19-15-10-6-5-9-14(15)17(21)20(18)16-11-7-8-12(2)13(16)3/h5-11H,4H2,1-3H3. The first-order chi connectivity index (χ1) is 10.6. The van der Waals surface area contributed by atoms with Gasteiger partial charge in [-0.15, -0.1) is 0 Å². The zero-order valence-corrected chi connectivity index (χ0v) is 13.8. The first-order valence-corrected chi connectivity index (χ1v) is 8.33. The number of nitrogens with zero attached hydrogens (tertiary/aromatic N) is 2. The molecule has 0 radical (unpaired) electrons. The van der Waals surface area contributed by atoms with Crippen LogP contribution in [0.4, 0.5) is 0 Å². The van der Waals surface area contributed by atoms with Gasteiger partial charge in [-0.05, 0) is 48.9 Å². The average Bonchev–Trinajstić information content (AvgIpc) is 2.52. The summed E-state index contributed by atoms with van der Waals surface area (Å²) in [6.07, 6.45) is 0. The lowest BCUT2D eigenvalue weighted by molar-refractivity contribution is 0.813. The minimum atomic E-state index is -0.00440. The monoisotopic (exact) mass is 310 g/mol. The fraction of sp³-hybridized carbons (Fsp3) is 0.222. The van der Waals surface area contributed by atoms with Gasteiger partial charge < -0.3 is 0 Å². The van der Waals surface area contributed by atoms with E-state index in [0.717, 1.165) is 27.7 Å². The largest absolute Gasteiger partial charge is 0.268 e. The Balaban J connectivity index is 2.41. The van der Waals surface area contributed by atoms with Crippen LogP contribution in [0.2, 0.25) is 0 Å². The number of hydrogen-bond acceptors (Lipinski definition) is 3. The van der Waals surface area contributed by atoms with Crippen molar-refractivity contribution in [1.29, 1.82) is 0 Å². The molecule has 112 valence electrons. The summed E-state index contributed by atoms with van der Waals surface area (Å²) in [5.41, 5.74) is 3.95. The van der Waals surface area contributed by atoms with Crippen LogP contribution in [0.25, 0.3) is 16.6 Å². The van der Waals surface area contributed by atoms with E-state index in [1.807, 2.05) is 43.3 Å². The quantitative estimate of drug-likeness (QED) is 0.539. The maximum absolute atomic E-state index is 13.0. The lowest BCUT2D eigenvalue weighted by Crippen LogP contribution is -2.22. The Labute approximate surface area is 134 Å². The van der Waals surface area contributed by atoms with Crippen molar-refractivity contribution in [1.82, 2.24) is 9.55 Å². The van der Waals surface area contributed by atoms with Crippen LogP contribution < -0.4 is 5.56 Å². The van der Waals surface area contributed by atoms with Gasteiger partial charge in [-0.2, -0.15) is 0 Å². The van der Waals surface area contributed by atoms with Gasteiger partial charge in [0.2, 0.25) is 0 Å². The van der Waals surface area contributed by atoms with Crippen LogP contribution in [0.15, 0.2) is 52.4 Å². The molecule has 0 amide bonds. The Morgan fingerprint density at radius 2 is 1.86 bits per heavy atom. The molecule has 1 heterocycles. The second-order valence-corrected chi connectivity index (χ2v) is 6.44. The number of para-hydroxylation sites is 1. The topological polar surface area (TPSA) is 34.9 Å². The van der Waals surface area contributed by atoms with Gasteiger partial charge in [0, 0.05) is 0 Å². The molecule has 0 fully saturated rings. The maximum atomic E-state index is 13.0. The average molecular weight is 310 g/mol. The summed E-state index contributed by atoms with van der Waals surface area (Å²) in [5, 5.41) is 1.41. The fourth-order valence-corrected chi connectivity index (χ4v) is 3.26. The molecule has 3 nitrogen and oxygen atoms in total. The van der Waals surface area contributed by atoms with Crippen molar-refractivity contribution in [3.63, 3.8) is 0 Å². The lowest BCUT2D eigenvalue weighted by atomic mass is 10.1. The third-order valence-electron chi connectivity index (χ3n) is 3.84. The molecule has 2 aromatic carbocycles. The van der Waals surface area contributed by atoms with E-state index in [-0.39, 0.29) is 5.56 Å². The Kier molecular flexibility index (Phi) is 4.03. The summed E-state index contributed by atoms with van der Waals surface area (Å²) < 4.78 is 1.75. The van der Waals surface area contributed by atoms with Gasteiger partial charge >= 0.3 is 0 Å². The van der Waals surface area contributed by atoms with E-state index >= 15 is 0 Å². The molecule has 0 atom stereocenters. The number of thioether (sulfide) groups is 1. The van der Waals surface area contributed by atoms with Crippen LogP contribution in [0.5, 0.6) is 0 Å². The van der Waals surface area contributed by atoms with Crippen LogP contribution in [-0.2, 0) is 0 Å². The first kappa shape index (κ1) is 14.9. The Bertz CT molecular complexity index is 899. The van der Waals surface area contributed by atoms with Gasteiger partial charge in [0.1, 0.15) is 0 Å². The van der Waals surface area contributed by atoms with Crippen LogP contribution in [0.1, 0.15) is 18.1 Å². The number of aryl methyl sites for hydroxylation is 1. The summed E-state index contributed by atoms with van der Waals surface area (Å²) >= 11 is 1.59. The molecule has 4 heteroatoms. The summed E-state index contributed by atoms with van der Waals surface area (Å²) in [6.45, 7) is 6.18. The maximum Gasteiger partial charge on any atom is 0.266 e. The third-order valence-corrected chi connectivity index (χ3v) is 4.66. The Morgan fingerprint density at radius 1 is 1.09 bits per heavy atom. The molecule has 0 spiro atoms. The van der Waals surface area contributed by atoms with E-state index < -0.39 is 0 Å². The molecule has 1 aromatic heterocycles. The molecule has 3 aromatic rings. The number of rotatable bonds is 3. The molecule has 0 saturated heterocycles.